The van der Waals surface area contributed by atoms with Crippen LogP contribution in [0, 0.1) is 6.92 Å². The van der Waals surface area contributed by atoms with Gasteiger partial charge in [0.1, 0.15) is 5.82 Å². The second-order valence-corrected chi connectivity index (χ2v) is 3.76. The number of aromatic nitrogens is 1. The average molecular weight is 252 g/mol. The molecule has 6 heteroatoms. The van der Waals surface area contributed by atoms with Crippen molar-refractivity contribution >= 4 is 17.7 Å². The fraction of sp³-hybridized carbons (Fsp3) is 0.417. The van der Waals surface area contributed by atoms with E-state index >= 15 is 0 Å². The Bertz CT molecular complexity index is 417. The summed E-state index contributed by atoms with van der Waals surface area (Å²) in [4.78, 5) is 26.7. The molecule has 0 saturated carbocycles. The number of nitrogens with zero attached hydrogens (tertiary/aromatic N) is 1. The van der Waals surface area contributed by atoms with Crippen LogP contribution in [0.3, 0.4) is 0 Å². The van der Waals surface area contributed by atoms with Crippen LogP contribution >= 0.6 is 0 Å². The molecule has 0 aromatic carbocycles. The Morgan fingerprint density at radius 2 is 2.17 bits per heavy atom. The summed E-state index contributed by atoms with van der Waals surface area (Å²) >= 11 is 0. The molecule has 0 aliphatic heterocycles. The van der Waals surface area contributed by atoms with Crippen molar-refractivity contribution < 1.29 is 19.1 Å². The number of hydrogen-bond donors (Lipinski definition) is 1. The zero-order valence-electron chi connectivity index (χ0n) is 10.6. The minimum atomic E-state index is -0.976. The minimum absolute atomic E-state index is 0.00270. The summed E-state index contributed by atoms with van der Waals surface area (Å²) in [5.41, 5.74) is 0.987. The lowest BCUT2D eigenvalue weighted by atomic mass is 10.3. The van der Waals surface area contributed by atoms with E-state index < -0.39 is 18.0 Å². The number of rotatable bonds is 5. The summed E-state index contributed by atoms with van der Waals surface area (Å²) in [6.45, 7) is 3.13. The molecule has 1 N–H and O–H groups in total. The number of carbonyl (C=O) groups is 2. The van der Waals surface area contributed by atoms with Crippen molar-refractivity contribution in [2.24, 2.45) is 0 Å². The molecule has 0 aliphatic carbocycles. The minimum Gasteiger partial charge on any atom is -0.450 e. The molecule has 1 aromatic heterocycles. The number of anilines is 1. The van der Waals surface area contributed by atoms with Gasteiger partial charge in [-0.15, -0.1) is 0 Å². The molecule has 1 atom stereocenters. The fourth-order valence-electron chi connectivity index (χ4n) is 1.26. The Morgan fingerprint density at radius 1 is 1.44 bits per heavy atom. The maximum absolute atomic E-state index is 11.8. The summed E-state index contributed by atoms with van der Waals surface area (Å²) < 4.78 is 9.67. The third-order valence-electron chi connectivity index (χ3n) is 2.08. The lowest BCUT2D eigenvalue weighted by Crippen LogP contribution is -2.35. The van der Waals surface area contributed by atoms with Gasteiger partial charge in [-0.1, -0.05) is 6.07 Å². The molecule has 18 heavy (non-hydrogen) atoms. The molecular weight excluding hydrogens is 236 g/mol. The zero-order valence-corrected chi connectivity index (χ0v) is 10.6. The number of methoxy groups -OCH3 is 1. The lowest BCUT2D eigenvalue weighted by Gasteiger charge is -2.15. The first kappa shape index (κ1) is 14.1. The summed E-state index contributed by atoms with van der Waals surface area (Å²) in [6, 6.07) is 3.49. The lowest BCUT2D eigenvalue weighted by molar-refractivity contribution is -0.154. The van der Waals surface area contributed by atoms with Gasteiger partial charge in [0, 0.05) is 20.2 Å². The van der Waals surface area contributed by atoms with Crippen LogP contribution in [-0.2, 0) is 19.1 Å². The number of aryl methyl sites for hydroxylation is 1. The Labute approximate surface area is 105 Å². The quantitative estimate of drug-likeness (QED) is 0.788. The van der Waals surface area contributed by atoms with Gasteiger partial charge in [-0.25, -0.2) is 4.98 Å². The van der Waals surface area contributed by atoms with Gasteiger partial charge in [0.15, 0.2) is 0 Å². The maximum atomic E-state index is 11.8. The van der Waals surface area contributed by atoms with Gasteiger partial charge in [-0.3, -0.25) is 9.59 Å². The van der Waals surface area contributed by atoms with E-state index in [1.165, 1.54) is 14.0 Å². The number of esters is 1. The van der Waals surface area contributed by atoms with Crippen molar-refractivity contribution in [3.8, 4) is 0 Å². The van der Waals surface area contributed by atoms with E-state index in [2.05, 4.69) is 10.3 Å². The molecule has 1 rings (SSSR count). The summed E-state index contributed by atoms with van der Waals surface area (Å²) in [6.07, 6.45) is 0.655. The van der Waals surface area contributed by atoms with E-state index in [1.807, 2.05) is 13.0 Å². The van der Waals surface area contributed by atoms with E-state index in [4.69, 9.17) is 9.47 Å². The van der Waals surface area contributed by atoms with Gasteiger partial charge >= 0.3 is 5.97 Å². The van der Waals surface area contributed by atoms with Gasteiger partial charge in [0.05, 0.1) is 6.61 Å². The number of ether oxygens (including phenoxy) is 2. The molecule has 6 nitrogen and oxygen atoms in total. The molecule has 1 aromatic rings. The molecule has 1 heterocycles. The molecule has 0 radical (unpaired) electrons. The summed E-state index contributed by atoms with van der Waals surface area (Å²) in [5.74, 6) is -0.605. The van der Waals surface area contributed by atoms with Gasteiger partial charge in [-0.2, -0.15) is 0 Å². The molecule has 98 valence electrons. The number of nitrogens with one attached hydrogen (secondary N) is 1. The third kappa shape index (κ3) is 4.50. The SMILES string of the molecule is COCC(OC(C)=O)C(=O)Nc1ccc(C)cn1. The van der Waals surface area contributed by atoms with Crippen molar-refractivity contribution in [1.82, 2.24) is 4.98 Å². The van der Waals surface area contributed by atoms with Gasteiger partial charge < -0.3 is 14.8 Å². The van der Waals surface area contributed by atoms with E-state index in [0.29, 0.717) is 5.82 Å². The largest absolute Gasteiger partial charge is 0.450 e. The van der Waals surface area contributed by atoms with Crippen LogP contribution in [0.15, 0.2) is 18.3 Å². The highest BCUT2D eigenvalue weighted by molar-refractivity contribution is 5.94. The smallest absolute Gasteiger partial charge is 0.303 e. The van der Waals surface area contributed by atoms with Crippen molar-refractivity contribution in [3.63, 3.8) is 0 Å². The van der Waals surface area contributed by atoms with Gasteiger partial charge in [-0.05, 0) is 18.6 Å². The number of amides is 1. The van der Waals surface area contributed by atoms with Crippen molar-refractivity contribution in [2.75, 3.05) is 19.0 Å². The molecule has 1 unspecified atom stereocenters. The molecular formula is C12H16N2O4. The Kier molecular flexibility index (Phi) is 5.26. The van der Waals surface area contributed by atoms with Crippen LogP contribution < -0.4 is 5.32 Å². The number of pyridine rings is 1. The third-order valence-corrected chi connectivity index (χ3v) is 2.08. The van der Waals surface area contributed by atoms with Crippen LogP contribution in [0.4, 0.5) is 5.82 Å². The second-order valence-electron chi connectivity index (χ2n) is 3.76. The molecule has 0 spiro atoms. The Balaban J connectivity index is 2.65. The van der Waals surface area contributed by atoms with E-state index in [-0.39, 0.29) is 6.61 Å². The highest BCUT2D eigenvalue weighted by Gasteiger charge is 2.21. The first-order chi connectivity index (χ1) is 8.52. The average Bonchev–Trinajstić information content (AvgIpc) is 2.31. The number of carbonyl (C=O) groups excluding carboxylic acids is 2. The predicted octanol–water partition coefficient (Wildman–Crippen LogP) is 0.907. The fourth-order valence-corrected chi connectivity index (χ4v) is 1.26. The predicted molar refractivity (Wildman–Crippen MR) is 65.0 cm³/mol. The normalized spacial score (nSPS) is 11.7. The first-order valence-corrected chi connectivity index (χ1v) is 5.42. The van der Waals surface area contributed by atoms with Crippen LogP contribution in [0.25, 0.3) is 0 Å². The van der Waals surface area contributed by atoms with Crippen molar-refractivity contribution in [3.05, 3.63) is 23.9 Å². The monoisotopic (exact) mass is 252 g/mol. The summed E-state index contributed by atoms with van der Waals surface area (Å²) in [7, 11) is 1.42. The summed E-state index contributed by atoms with van der Waals surface area (Å²) in [5, 5.41) is 2.55. The standard InChI is InChI=1S/C12H16N2O4/c1-8-4-5-11(13-6-8)14-12(16)10(7-17-3)18-9(2)15/h4-6,10H,7H2,1-3H3,(H,13,14,16). The van der Waals surface area contributed by atoms with E-state index in [9.17, 15) is 9.59 Å². The second kappa shape index (κ2) is 6.70. The Morgan fingerprint density at radius 3 is 2.67 bits per heavy atom. The van der Waals surface area contributed by atoms with E-state index in [0.717, 1.165) is 5.56 Å². The molecule has 0 bridgehead atoms. The van der Waals surface area contributed by atoms with Crippen molar-refractivity contribution in [2.45, 2.75) is 20.0 Å². The maximum Gasteiger partial charge on any atom is 0.303 e. The van der Waals surface area contributed by atoms with Crippen LogP contribution in [0.2, 0.25) is 0 Å². The molecule has 0 aliphatic rings. The molecule has 0 saturated heterocycles. The molecule has 0 fully saturated rings. The van der Waals surface area contributed by atoms with Crippen LogP contribution in [0.1, 0.15) is 12.5 Å². The first-order valence-electron chi connectivity index (χ1n) is 5.42. The number of hydrogen-bond acceptors (Lipinski definition) is 5. The van der Waals surface area contributed by atoms with Crippen LogP contribution in [-0.4, -0.2) is 36.7 Å². The van der Waals surface area contributed by atoms with Gasteiger partial charge in [0.2, 0.25) is 6.10 Å². The van der Waals surface area contributed by atoms with Crippen molar-refractivity contribution in [1.29, 1.82) is 0 Å². The van der Waals surface area contributed by atoms with Gasteiger partial charge in [0.25, 0.3) is 5.91 Å². The topological polar surface area (TPSA) is 77.5 Å². The zero-order chi connectivity index (χ0) is 13.5. The Hall–Kier alpha value is -1.95. The highest BCUT2D eigenvalue weighted by atomic mass is 16.6. The van der Waals surface area contributed by atoms with E-state index in [1.54, 1.807) is 12.3 Å². The highest BCUT2D eigenvalue weighted by Crippen LogP contribution is 2.06. The molecule has 1 amide bonds. The van der Waals surface area contributed by atoms with Crippen LogP contribution in [0.5, 0.6) is 0 Å².